The van der Waals surface area contributed by atoms with Gasteiger partial charge in [0.25, 0.3) is 0 Å². The van der Waals surface area contributed by atoms with Gasteiger partial charge in [0.15, 0.2) is 0 Å². The van der Waals surface area contributed by atoms with E-state index < -0.39 is 0 Å². The van der Waals surface area contributed by atoms with Crippen LogP contribution >= 0.6 is 11.6 Å². The maximum absolute atomic E-state index is 11.9. The van der Waals surface area contributed by atoms with E-state index in [0.717, 1.165) is 11.1 Å². The van der Waals surface area contributed by atoms with Crippen molar-refractivity contribution in [2.45, 2.75) is 26.4 Å². The quantitative estimate of drug-likeness (QED) is 0.854. The average molecular weight is 317 g/mol. The predicted octanol–water partition coefficient (Wildman–Crippen LogP) is 3.62. The van der Waals surface area contributed by atoms with Gasteiger partial charge in [-0.2, -0.15) is 0 Å². The third-order valence-electron chi connectivity index (χ3n) is 3.65. The SMILES string of the molecule is Cc1ccccc1CNC(=O)CN[C@H](C)c1cccc(Cl)c1. The molecule has 2 aromatic carbocycles. The van der Waals surface area contributed by atoms with Crippen LogP contribution in [0.25, 0.3) is 0 Å². The normalized spacial score (nSPS) is 12.0. The van der Waals surface area contributed by atoms with Crippen LogP contribution in [0.15, 0.2) is 48.5 Å². The number of benzene rings is 2. The second kappa shape index (κ2) is 7.97. The summed E-state index contributed by atoms with van der Waals surface area (Å²) in [5, 5.41) is 6.84. The Morgan fingerprint density at radius 3 is 2.68 bits per heavy atom. The lowest BCUT2D eigenvalue weighted by Crippen LogP contribution is -2.34. The summed E-state index contributed by atoms with van der Waals surface area (Å²) in [5.41, 5.74) is 3.39. The molecule has 0 bridgehead atoms. The molecule has 2 N–H and O–H groups in total. The molecule has 2 rings (SSSR count). The summed E-state index contributed by atoms with van der Waals surface area (Å²) in [5.74, 6) is -0.0165. The number of nitrogens with one attached hydrogen (secondary N) is 2. The fraction of sp³-hybridized carbons (Fsp3) is 0.278. The van der Waals surface area contributed by atoms with E-state index in [1.165, 1.54) is 5.56 Å². The molecule has 0 saturated heterocycles. The van der Waals surface area contributed by atoms with E-state index in [9.17, 15) is 4.79 Å². The van der Waals surface area contributed by atoms with Gasteiger partial charge >= 0.3 is 0 Å². The van der Waals surface area contributed by atoms with Gasteiger partial charge in [-0.25, -0.2) is 0 Å². The molecule has 0 radical (unpaired) electrons. The van der Waals surface area contributed by atoms with Crippen molar-refractivity contribution >= 4 is 17.5 Å². The van der Waals surface area contributed by atoms with Crippen LogP contribution < -0.4 is 10.6 Å². The van der Waals surface area contributed by atoms with Gasteiger partial charge in [-0.1, -0.05) is 48.0 Å². The number of halogens is 1. The fourth-order valence-electron chi connectivity index (χ4n) is 2.20. The van der Waals surface area contributed by atoms with E-state index in [2.05, 4.69) is 10.6 Å². The molecule has 3 nitrogen and oxygen atoms in total. The first-order valence-corrected chi connectivity index (χ1v) is 7.74. The smallest absolute Gasteiger partial charge is 0.234 e. The number of carbonyl (C=O) groups is 1. The Kier molecular flexibility index (Phi) is 5.99. The average Bonchev–Trinajstić information content (AvgIpc) is 2.52. The summed E-state index contributed by atoms with van der Waals surface area (Å²) < 4.78 is 0. The molecular weight excluding hydrogens is 296 g/mol. The summed E-state index contributed by atoms with van der Waals surface area (Å²) in [7, 11) is 0. The van der Waals surface area contributed by atoms with Crippen LogP contribution in [0.3, 0.4) is 0 Å². The fourth-order valence-corrected chi connectivity index (χ4v) is 2.40. The van der Waals surface area contributed by atoms with Crippen LogP contribution in [-0.4, -0.2) is 12.5 Å². The molecule has 22 heavy (non-hydrogen) atoms. The Labute approximate surface area is 136 Å². The first-order chi connectivity index (χ1) is 10.6. The summed E-state index contributed by atoms with van der Waals surface area (Å²) in [6.07, 6.45) is 0. The van der Waals surface area contributed by atoms with E-state index in [4.69, 9.17) is 11.6 Å². The van der Waals surface area contributed by atoms with Gasteiger partial charge in [0.05, 0.1) is 6.54 Å². The maximum Gasteiger partial charge on any atom is 0.234 e. The van der Waals surface area contributed by atoms with Crippen molar-refractivity contribution in [2.24, 2.45) is 0 Å². The minimum atomic E-state index is -0.0165. The molecule has 116 valence electrons. The number of aryl methyl sites for hydroxylation is 1. The highest BCUT2D eigenvalue weighted by Crippen LogP contribution is 2.16. The van der Waals surface area contributed by atoms with Crippen molar-refractivity contribution in [3.8, 4) is 0 Å². The van der Waals surface area contributed by atoms with Crippen LogP contribution in [-0.2, 0) is 11.3 Å². The first-order valence-electron chi connectivity index (χ1n) is 7.36. The summed E-state index contributed by atoms with van der Waals surface area (Å²) in [6, 6.07) is 15.8. The minimum absolute atomic E-state index is 0.0165. The molecule has 0 aliphatic carbocycles. The number of amides is 1. The van der Waals surface area contributed by atoms with Gasteiger partial charge in [-0.05, 0) is 42.7 Å². The number of carbonyl (C=O) groups excluding carboxylic acids is 1. The van der Waals surface area contributed by atoms with Crippen molar-refractivity contribution in [1.82, 2.24) is 10.6 Å². The Bertz CT molecular complexity index is 642. The Balaban J connectivity index is 1.79. The highest BCUT2D eigenvalue weighted by Gasteiger charge is 2.08. The van der Waals surface area contributed by atoms with E-state index in [-0.39, 0.29) is 18.5 Å². The van der Waals surface area contributed by atoms with E-state index >= 15 is 0 Å². The second-order valence-corrected chi connectivity index (χ2v) is 5.80. The number of rotatable bonds is 6. The van der Waals surface area contributed by atoms with Crippen LogP contribution in [0.1, 0.15) is 29.7 Å². The van der Waals surface area contributed by atoms with Gasteiger partial charge in [0.1, 0.15) is 0 Å². The molecule has 2 aromatic rings. The zero-order valence-corrected chi connectivity index (χ0v) is 13.7. The summed E-state index contributed by atoms with van der Waals surface area (Å²) in [4.78, 5) is 11.9. The molecule has 4 heteroatoms. The number of hydrogen-bond donors (Lipinski definition) is 2. The lowest BCUT2D eigenvalue weighted by molar-refractivity contribution is -0.120. The third kappa shape index (κ3) is 4.86. The molecule has 1 atom stereocenters. The molecule has 0 spiro atoms. The zero-order chi connectivity index (χ0) is 15.9. The van der Waals surface area contributed by atoms with Gasteiger partial charge < -0.3 is 10.6 Å². The highest BCUT2D eigenvalue weighted by atomic mass is 35.5. The van der Waals surface area contributed by atoms with Crippen molar-refractivity contribution < 1.29 is 4.79 Å². The summed E-state index contributed by atoms with van der Waals surface area (Å²) in [6.45, 7) is 4.89. The van der Waals surface area contributed by atoms with Crippen molar-refractivity contribution in [3.63, 3.8) is 0 Å². The maximum atomic E-state index is 11.9. The van der Waals surface area contributed by atoms with Crippen LogP contribution in [0.2, 0.25) is 5.02 Å². The number of hydrogen-bond acceptors (Lipinski definition) is 2. The van der Waals surface area contributed by atoms with Gasteiger partial charge in [0.2, 0.25) is 5.91 Å². The van der Waals surface area contributed by atoms with Crippen LogP contribution in [0.4, 0.5) is 0 Å². The van der Waals surface area contributed by atoms with Crippen molar-refractivity contribution in [2.75, 3.05) is 6.54 Å². The lowest BCUT2D eigenvalue weighted by Gasteiger charge is -2.14. The standard InChI is InChI=1S/C18H21ClN2O/c1-13-6-3-4-7-16(13)11-21-18(22)12-20-14(2)15-8-5-9-17(19)10-15/h3-10,14,20H,11-12H2,1-2H3,(H,21,22)/t14-/m1/s1. The third-order valence-corrected chi connectivity index (χ3v) is 3.89. The van der Waals surface area contributed by atoms with Gasteiger partial charge in [0, 0.05) is 17.6 Å². The van der Waals surface area contributed by atoms with Gasteiger partial charge in [-0.15, -0.1) is 0 Å². The van der Waals surface area contributed by atoms with Crippen LogP contribution in [0, 0.1) is 6.92 Å². The van der Waals surface area contributed by atoms with Gasteiger partial charge in [-0.3, -0.25) is 4.79 Å². The molecule has 0 heterocycles. The molecule has 0 fully saturated rings. The summed E-state index contributed by atoms with van der Waals surface area (Å²) >= 11 is 5.98. The molecule has 1 amide bonds. The molecule has 0 unspecified atom stereocenters. The largest absolute Gasteiger partial charge is 0.351 e. The second-order valence-electron chi connectivity index (χ2n) is 5.36. The molecule has 0 aliphatic rings. The van der Waals surface area contributed by atoms with Crippen LogP contribution in [0.5, 0.6) is 0 Å². The first kappa shape index (κ1) is 16.5. The molecule has 0 saturated carbocycles. The van der Waals surface area contributed by atoms with Crippen molar-refractivity contribution in [1.29, 1.82) is 0 Å². The Morgan fingerprint density at radius 2 is 1.95 bits per heavy atom. The minimum Gasteiger partial charge on any atom is -0.351 e. The molecule has 0 aromatic heterocycles. The van der Waals surface area contributed by atoms with E-state index in [1.54, 1.807) is 0 Å². The topological polar surface area (TPSA) is 41.1 Å². The molecule has 0 aliphatic heterocycles. The monoisotopic (exact) mass is 316 g/mol. The zero-order valence-electron chi connectivity index (χ0n) is 12.9. The Hall–Kier alpha value is -1.84. The predicted molar refractivity (Wildman–Crippen MR) is 90.9 cm³/mol. The van der Waals surface area contributed by atoms with E-state index in [1.807, 2.05) is 62.4 Å². The lowest BCUT2D eigenvalue weighted by atomic mass is 10.1. The van der Waals surface area contributed by atoms with Crippen molar-refractivity contribution in [3.05, 3.63) is 70.2 Å². The Morgan fingerprint density at radius 1 is 1.18 bits per heavy atom. The highest BCUT2D eigenvalue weighted by molar-refractivity contribution is 6.30. The molecular formula is C18H21ClN2O. The van der Waals surface area contributed by atoms with E-state index in [0.29, 0.717) is 11.6 Å².